The van der Waals surface area contributed by atoms with E-state index in [1.165, 1.54) is 76.1 Å². The zero-order valence-electron chi connectivity index (χ0n) is 13.0. The number of halogens is 1. The van der Waals surface area contributed by atoms with Crippen LogP contribution in [-0.4, -0.2) is 41.0 Å². The number of nitrogens with zero attached hydrogens (tertiary/aromatic N) is 3. The van der Waals surface area contributed by atoms with Gasteiger partial charge in [0.05, 0.1) is 11.4 Å². The Morgan fingerprint density at radius 1 is 0.714 bits per heavy atom. The van der Waals surface area contributed by atoms with Crippen molar-refractivity contribution in [2.45, 2.75) is 51.6 Å². The SMILES string of the molecule is Br.c1cc(CN2CCCCC2)nc(CN2CCCCC2)c1. The summed E-state index contributed by atoms with van der Waals surface area (Å²) >= 11 is 0. The van der Waals surface area contributed by atoms with Crippen molar-refractivity contribution in [3.8, 4) is 0 Å². The number of aromatic nitrogens is 1. The van der Waals surface area contributed by atoms with E-state index in [0.29, 0.717) is 0 Å². The Hall–Kier alpha value is -0.450. The van der Waals surface area contributed by atoms with Gasteiger partial charge in [-0.05, 0) is 64.0 Å². The topological polar surface area (TPSA) is 19.4 Å². The van der Waals surface area contributed by atoms with Crippen molar-refractivity contribution in [3.63, 3.8) is 0 Å². The first kappa shape index (κ1) is 16.9. The van der Waals surface area contributed by atoms with E-state index < -0.39 is 0 Å². The molecule has 4 heteroatoms. The summed E-state index contributed by atoms with van der Waals surface area (Å²) in [5.74, 6) is 0. The number of likely N-dealkylation sites (tertiary alicyclic amines) is 2. The van der Waals surface area contributed by atoms with Crippen LogP contribution in [0.1, 0.15) is 49.9 Å². The smallest absolute Gasteiger partial charge is 0.0547 e. The zero-order valence-corrected chi connectivity index (χ0v) is 14.7. The molecule has 2 aliphatic heterocycles. The van der Waals surface area contributed by atoms with Gasteiger partial charge in [-0.25, -0.2) is 0 Å². The molecule has 2 saturated heterocycles. The Balaban J connectivity index is 0.00000161. The molecule has 21 heavy (non-hydrogen) atoms. The summed E-state index contributed by atoms with van der Waals surface area (Å²) in [6, 6.07) is 6.56. The van der Waals surface area contributed by atoms with Gasteiger partial charge in [0.2, 0.25) is 0 Å². The van der Waals surface area contributed by atoms with Crippen LogP contribution in [-0.2, 0) is 13.1 Å². The van der Waals surface area contributed by atoms with Gasteiger partial charge in [0.15, 0.2) is 0 Å². The summed E-state index contributed by atoms with van der Waals surface area (Å²) in [7, 11) is 0. The van der Waals surface area contributed by atoms with Crippen molar-refractivity contribution in [2.75, 3.05) is 26.2 Å². The lowest BCUT2D eigenvalue weighted by atomic mass is 10.1. The molecule has 1 aromatic heterocycles. The summed E-state index contributed by atoms with van der Waals surface area (Å²) < 4.78 is 0. The Bertz CT molecular complexity index is 377. The minimum Gasteiger partial charge on any atom is -0.298 e. The van der Waals surface area contributed by atoms with Crippen LogP contribution >= 0.6 is 17.0 Å². The second kappa shape index (κ2) is 8.86. The van der Waals surface area contributed by atoms with Gasteiger partial charge in [-0.1, -0.05) is 18.9 Å². The van der Waals surface area contributed by atoms with E-state index >= 15 is 0 Å². The molecule has 2 fully saturated rings. The molecule has 0 aromatic carbocycles. The quantitative estimate of drug-likeness (QED) is 0.823. The van der Waals surface area contributed by atoms with E-state index in [9.17, 15) is 0 Å². The lowest BCUT2D eigenvalue weighted by Crippen LogP contribution is -2.30. The standard InChI is InChI=1S/C17H27N3.BrH/c1-3-10-19(11-4-1)14-16-8-7-9-17(18-16)15-20-12-5-2-6-13-20;/h7-9H,1-6,10-15H2;1H. The van der Waals surface area contributed by atoms with E-state index in [-0.39, 0.29) is 17.0 Å². The monoisotopic (exact) mass is 353 g/mol. The van der Waals surface area contributed by atoms with Crippen molar-refractivity contribution in [1.29, 1.82) is 0 Å². The maximum Gasteiger partial charge on any atom is 0.0547 e. The minimum atomic E-state index is 0. The van der Waals surface area contributed by atoms with Crippen LogP contribution in [0, 0.1) is 0 Å². The molecule has 3 rings (SSSR count). The average Bonchev–Trinajstić information content (AvgIpc) is 2.50. The molecule has 0 radical (unpaired) electrons. The van der Waals surface area contributed by atoms with Gasteiger partial charge in [-0.2, -0.15) is 0 Å². The molecule has 0 saturated carbocycles. The van der Waals surface area contributed by atoms with Gasteiger partial charge in [-0.15, -0.1) is 17.0 Å². The lowest BCUT2D eigenvalue weighted by molar-refractivity contribution is 0.213. The van der Waals surface area contributed by atoms with Gasteiger partial charge < -0.3 is 0 Å². The molecule has 2 aliphatic rings. The molecular weight excluding hydrogens is 326 g/mol. The van der Waals surface area contributed by atoms with Crippen LogP contribution in [0.5, 0.6) is 0 Å². The number of piperidine rings is 2. The van der Waals surface area contributed by atoms with Crippen molar-refractivity contribution in [1.82, 2.24) is 14.8 Å². The van der Waals surface area contributed by atoms with Crippen LogP contribution in [0.2, 0.25) is 0 Å². The number of hydrogen-bond donors (Lipinski definition) is 0. The fourth-order valence-electron chi connectivity index (χ4n) is 3.40. The third-order valence-electron chi connectivity index (χ3n) is 4.53. The van der Waals surface area contributed by atoms with Crippen molar-refractivity contribution in [2.24, 2.45) is 0 Å². The fraction of sp³-hybridized carbons (Fsp3) is 0.706. The highest BCUT2D eigenvalue weighted by atomic mass is 79.9. The van der Waals surface area contributed by atoms with Crippen LogP contribution in [0.3, 0.4) is 0 Å². The largest absolute Gasteiger partial charge is 0.298 e. The molecule has 0 spiro atoms. The lowest BCUT2D eigenvalue weighted by Gasteiger charge is -2.27. The first-order valence-corrected chi connectivity index (χ1v) is 8.30. The third-order valence-corrected chi connectivity index (χ3v) is 4.53. The third kappa shape index (κ3) is 5.35. The molecule has 0 bridgehead atoms. The number of hydrogen-bond acceptors (Lipinski definition) is 3. The molecule has 1 aromatic rings. The van der Waals surface area contributed by atoms with Crippen molar-refractivity contribution in [3.05, 3.63) is 29.6 Å². The fourth-order valence-corrected chi connectivity index (χ4v) is 3.40. The minimum absolute atomic E-state index is 0. The van der Waals surface area contributed by atoms with E-state index in [2.05, 4.69) is 28.0 Å². The van der Waals surface area contributed by atoms with Gasteiger partial charge >= 0.3 is 0 Å². The van der Waals surface area contributed by atoms with Gasteiger partial charge in [-0.3, -0.25) is 14.8 Å². The highest BCUT2D eigenvalue weighted by Gasteiger charge is 2.13. The molecule has 3 heterocycles. The van der Waals surface area contributed by atoms with Crippen molar-refractivity contribution >= 4 is 17.0 Å². The number of pyridine rings is 1. The highest BCUT2D eigenvalue weighted by Crippen LogP contribution is 2.14. The normalized spacial score (nSPS) is 21.0. The Morgan fingerprint density at radius 3 is 1.57 bits per heavy atom. The molecule has 0 N–H and O–H groups in total. The van der Waals surface area contributed by atoms with Crippen molar-refractivity contribution < 1.29 is 0 Å². The molecule has 0 aliphatic carbocycles. The first-order valence-electron chi connectivity index (χ1n) is 8.30. The predicted octanol–water partition coefficient (Wildman–Crippen LogP) is 3.63. The maximum absolute atomic E-state index is 4.88. The molecule has 118 valence electrons. The summed E-state index contributed by atoms with van der Waals surface area (Å²) in [4.78, 5) is 9.98. The molecule has 0 atom stereocenters. The van der Waals surface area contributed by atoms with Crippen LogP contribution < -0.4 is 0 Å². The Morgan fingerprint density at radius 2 is 1.14 bits per heavy atom. The van der Waals surface area contributed by atoms with Gasteiger partial charge in [0, 0.05) is 13.1 Å². The molecule has 0 unspecified atom stereocenters. The van der Waals surface area contributed by atoms with Crippen LogP contribution in [0.4, 0.5) is 0 Å². The zero-order chi connectivity index (χ0) is 13.6. The second-order valence-electron chi connectivity index (χ2n) is 6.29. The van der Waals surface area contributed by atoms with Gasteiger partial charge in [0.25, 0.3) is 0 Å². The maximum atomic E-state index is 4.88. The summed E-state index contributed by atoms with van der Waals surface area (Å²) in [6.45, 7) is 7.06. The summed E-state index contributed by atoms with van der Waals surface area (Å²) in [5.41, 5.74) is 2.50. The molecule has 3 nitrogen and oxygen atoms in total. The highest BCUT2D eigenvalue weighted by molar-refractivity contribution is 8.93. The number of rotatable bonds is 4. The van der Waals surface area contributed by atoms with Gasteiger partial charge in [0.1, 0.15) is 0 Å². The first-order chi connectivity index (χ1) is 9.90. The molecular formula is C17H28BrN3. The van der Waals surface area contributed by atoms with E-state index in [1.807, 2.05) is 0 Å². The average molecular weight is 354 g/mol. The second-order valence-corrected chi connectivity index (χ2v) is 6.29. The Kier molecular flexibility index (Phi) is 7.14. The van der Waals surface area contributed by atoms with E-state index in [1.54, 1.807) is 0 Å². The van der Waals surface area contributed by atoms with Crippen LogP contribution in [0.25, 0.3) is 0 Å². The van der Waals surface area contributed by atoms with E-state index in [4.69, 9.17) is 4.98 Å². The predicted molar refractivity (Wildman–Crippen MR) is 92.8 cm³/mol. The summed E-state index contributed by atoms with van der Waals surface area (Å²) in [5, 5.41) is 0. The van der Waals surface area contributed by atoms with Crippen LogP contribution in [0.15, 0.2) is 18.2 Å². The molecule has 0 amide bonds. The van der Waals surface area contributed by atoms with E-state index in [0.717, 1.165) is 13.1 Å². The summed E-state index contributed by atoms with van der Waals surface area (Å²) in [6.07, 6.45) is 8.22. The Labute approximate surface area is 139 Å².